The summed E-state index contributed by atoms with van der Waals surface area (Å²) in [5.74, 6) is 1.97. The van der Waals surface area contributed by atoms with Gasteiger partial charge in [0.1, 0.15) is 17.3 Å². The Morgan fingerprint density at radius 2 is 1.78 bits per heavy atom. The number of fused-ring (bicyclic) bond motifs is 1. The number of H-pyrrole nitrogens is 1. The van der Waals surface area contributed by atoms with Crippen molar-refractivity contribution in [2.45, 2.75) is 39.5 Å². The number of hydrogen-bond acceptors (Lipinski definition) is 3. The maximum Gasteiger partial charge on any atom is 0.143 e. The van der Waals surface area contributed by atoms with E-state index in [1.807, 2.05) is 6.92 Å². The Bertz CT molecular complexity index is 550. The van der Waals surface area contributed by atoms with Crippen LogP contribution < -0.4 is 4.90 Å². The third kappa shape index (κ3) is 2.07. The molecule has 3 rings (SSSR count). The van der Waals surface area contributed by atoms with Gasteiger partial charge < -0.3 is 9.88 Å². The quantitative estimate of drug-likeness (QED) is 0.838. The van der Waals surface area contributed by atoms with Gasteiger partial charge in [-0.25, -0.2) is 9.97 Å². The minimum absolute atomic E-state index is 0.851. The van der Waals surface area contributed by atoms with E-state index in [1.54, 1.807) is 0 Å². The first kappa shape index (κ1) is 11.5. The molecule has 3 heterocycles. The van der Waals surface area contributed by atoms with Crippen LogP contribution in [0, 0.1) is 13.8 Å². The number of nitrogens with one attached hydrogen (secondary N) is 1. The number of anilines is 1. The Morgan fingerprint density at radius 3 is 2.50 bits per heavy atom. The molecule has 0 radical (unpaired) electrons. The van der Waals surface area contributed by atoms with Crippen molar-refractivity contribution in [2.24, 2.45) is 0 Å². The molecule has 0 saturated carbocycles. The van der Waals surface area contributed by atoms with Crippen LogP contribution in [-0.2, 0) is 0 Å². The monoisotopic (exact) mass is 244 g/mol. The first-order chi connectivity index (χ1) is 8.74. The summed E-state index contributed by atoms with van der Waals surface area (Å²) < 4.78 is 0. The Hall–Kier alpha value is -1.58. The topological polar surface area (TPSA) is 44.8 Å². The second-order valence-corrected chi connectivity index (χ2v) is 5.21. The van der Waals surface area contributed by atoms with E-state index in [4.69, 9.17) is 0 Å². The molecule has 0 unspecified atom stereocenters. The Balaban J connectivity index is 2.08. The normalized spacial score (nSPS) is 17.1. The number of hydrogen-bond donors (Lipinski definition) is 1. The average molecular weight is 244 g/mol. The zero-order valence-corrected chi connectivity index (χ0v) is 11.2. The molecule has 1 fully saturated rings. The van der Waals surface area contributed by atoms with Crippen molar-refractivity contribution < 1.29 is 0 Å². The van der Waals surface area contributed by atoms with E-state index >= 15 is 0 Å². The van der Waals surface area contributed by atoms with E-state index in [9.17, 15) is 0 Å². The van der Waals surface area contributed by atoms with Gasteiger partial charge in [0, 0.05) is 18.8 Å². The smallest absolute Gasteiger partial charge is 0.143 e. The molecule has 4 heteroatoms. The van der Waals surface area contributed by atoms with Gasteiger partial charge in [-0.05, 0) is 32.8 Å². The third-order valence-corrected chi connectivity index (χ3v) is 3.62. The maximum atomic E-state index is 4.67. The van der Waals surface area contributed by atoms with Gasteiger partial charge in [0.2, 0.25) is 0 Å². The van der Waals surface area contributed by atoms with Crippen molar-refractivity contribution in [3.05, 3.63) is 17.6 Å². The fourth-order valence-corrected chi connectivity index (χ4v) is 2.76. The molecule has 0 aliphatic carbocycles. The van der Waals surface area contributed by atoms with E-state index in [2.05, 4.69) is 32.8 Å². The minimum Gasteiger partial charge on any atom is -0.356 e. The first-order valence-electron chi connectivity index (χ1n) is 6.83. The Kier molecular flexibility index (Phi) is 2.94. The summed E-state index contributed by atoms with van der Waals surface area (Å²) in [4.78, 5) is 14.9. The van der Waals surface area contributed by atoms with Gasteiger partial charge in [0.15, 0.2) is 0 Å². The molecule has 0 amide bonds. The van der Waals surface area contributed by atoms with Crippen LogP contribution in [0.2, 0.25) is 0 Å². The van der Waals surface area contributed by atoms with Gasteiger partial charge >= 0.3 is 0 Å². The molecule has 0 bridgehead atoms. The van der Waals surface area contributed by atoms with Crippen molar-refractivity contribution in [3.8, 4) is 0 Å². The number of aromatic nitrogens is 3. The molecule has 0 atom stereocenters. The molecular formula is C14H20N4. The summed E-state index contributed by atoms with van der Waals surface area (Å²) in [7, 11) is 0. The highest BCUT2D eigenvalue weighted by molar-refractivity contribution is 5.88. The molecule has 96 valence electrons. The van der Waals surface area contributed by atoms with Gasteiger partial charge in [-0.1, -0.05) is 12.8 Å². The maximum absolute atomic E-state index is 4.67. The van der Waals surface area contributed by atoms with E-state index in [0.717, 1.165) is 36.1 Å². The summed E-state index contributed by atoms with van der Waals surface area (Å²) in [5, 5.41) is 1.17. The molecule has 2 aromatic rings. The second kappa shape index (κ2) is 4.59. The standard InChI is InChI=1S/C14H20N4/c1-10-9-12-13(15-10)16-11(2)17-14(12)18-7-5-3-4-6-8-18/h9H,3-8H2,1-2H3,(H,15,16,17). The van der Waals surface area contributed by atoms with Gasteiger partial charge in [0.05, 0.1) is 5.39 Å². The lowest BCUT2D eigenvalue weighted by atomic mass is 10.2. The molecule has 1 saturated heterocycles. The van der Waals surface area contributed by atoms with Crippen LogP contribution in [0.15, 0.2) is 6.07 Å². The summed E-state index contributed by atoms with van der Waals surface area (Å²) in [5.41, 5.74) is 2.13. The predicted molar refractivity (Wildman–Crippen MR) is 74.0 cm³/mol. The Labute approximate surface area is 107 Å². The lowest BCUT2D eigenvalue weighted by Crippen LogP contribution is -2.25. The van der Waals surface area contributed by atoms with Crippen LogP contribution in [0.1, 0.15) is 37.2 Å². The molecule has 0 aromatic carbocycles. The van der Waals surface area contributed by atoms with Crippen molar-refractivity contribution in [1.29, 1.82) is 0 Å². The molecule has 1 aliphatic heterocycles. The molecule has 0 spiro atoms. The van der Waals surface area contributed by atoms with Gasteiger partial charge in [-0.3, -0.25) is 0 Å². The fraction of sp³-hybridized carbons (Fsp3) is 0.571. The largest absolute Gasteiger partial charge is 0.356 e. The number of aryl methyl sites for hydroxylation is 2. The van der Waals surface area contributed by atoms with Crippen molar-refractivity contribution in [1.82, 2.24) is 15.0 Å². The second-order valence-electron chi connectivity index (χ2n) is 5.21. The number of rotatable bonds is 1. The van der Waals surface area contributed by atoms with Crippen LogP contribution in [0.3, 0.4) is 0 Å². The van der Waals surface area contributed by atoms with Crippen LogP contribution in [-0.4, -0.2) is 28.0 Å². The van der Waals surface area contributed by atoms with Gasteiger partial charge in [-0.2, -0.15) is 0 Å². The summed E-state index contributed by atoms with van der Waals surface area (Å²) in [6.07, 6.45) is 5.23. The van der Waals surface area contributed by atoms with Crippen LogP contribution in [0.4, 0.5) is 5.82 Å². The molecule has 1 N–H and O–H groups in total. The first-order valence-corrected chi connectivity index (χ1v) is 6.83. The van der Waals surface area contributed by atoms with E-state index in [1.165, 1.54) is 31.1 Å². The zero-order chi connectivity index (χ0) is 12.5. The lowest BCUT2D eigenvalue weighted by Gasteiger charge is -2.22. The highest BCUT2D eigenvalue weighted by Crippen LogP contribution is 2.26. The van der Waals surface area contributed by atoms with Crippen LogP contribution in [0.5, 0.6) is 0 Å². The number of aromatic amines is 1. The fourth-order valence-electron chi connectivity index (χ4n) is 2.76. The lowest BCUT2D eigenvalue weighted by molar-refractivity contribution is 0.726. The van der Waals surface area contributed by atoms with Gasteiger partial charge in [0.25, 0.3) is 0 Å². The summed E-state index contributed by atoms with van der Waals surface area (Å²) in [6, 6.07) is 2.16. The Morgan fingerprint density at radius 1 is 1.06 bits per heavy atom. The highest BCUT2D eigenvalue weighted by Gasteiger charge is 2.16. The molecule has 18 heavy (non-hydrogen) atoms. The van der Waals surface area contributed by atoms with Crippen molar-refractivity contribution in [3.63, 3.8) is 0 Å². The molecule has 4 nitrogen and oxygen atoms in total. The average Bonchev–Trinajstić information content (AvgIpc) is 2.56. The summed E-state index contributed by atoms with van der Waals surface area (Å²) >= 11 is 0. The predicted octanol–water partition coefficient (Wildman–Crippen LogP) is 2.96. The molecule has 1 aliphatic rings. The van der Waals surface area contributed by atoms with Crippen molar-refractivity contribution >= 4 is 16.9 Å². The summed E-state index contributed by atoms with van der Waals surface area (Å²) in [6.45, 7) is 6.28. The minimum atomic E-state index is 0.851. The highest BCUT2D eigenvalue weighted by atomic mass is 15.2. The zero-order valence-electron chi connectivity index (χ0n) is 11.2. The van der Waals surface area contributed by atoms with Crippen LogP contribution in [0.25, 0.3) is 11.0 Å². The third-order valence-electron chi connectivity index (χ3n) is 3.62. The van der Waals surface area contributed by atoms with E-state index in [-0.39, 0.29) is 0 Å². The van der Waals surface area contributed by atoms with E-state index in [0.29, 0.717) is 0 Å². The SMILES string of the molecule is Cc1nc(N2CCCCCC2)c2cc(C)[nH]c2n1. The molecule has 2 aromatic heterocycles. The van der Waals surface area contributed by atoms with Crippen LogP contribution >= 0.6 is 0 Å². The van der Waals surface area contributed by atoms with Crippen molar-refractivity contribution in [2.75, 3.05) is 18.0 Å². The van der Waals surface area contributed by atoms with E-state index < -0.39 is 0 Å². The molecular weight excluding hydrogens is 224 g/mol. The van der Waals surface area contributed by atoms with Gasteiger partial charge in [-0.15, -0.1) is 0 Å². The number of nitrogens with zero attached hydrogens (tertiary/aromatic N) is 3.